The second-order valence-corrected chi connectivity index (χ2v) is 10.5. The Bertz CT molecular complexity index is 1120. The van der Waals surface area contributed by atoms with Crippen LogP contribution < -0.4 is 15.4 Å². The van der Waals surface area contributed by atoms with Crippen molar-refractivity contribution in [3.63, 3.8) is 0 Å². The van der Waals surface area contributed by atoms with Crippen LogP contribution in [-0.2, 0) is 17.6 Å². The van der Waals surface area contributed by atoms with E-state index in [9.17, 15) is 10.1 Å². The number of rotatable bonds is 7. The van der Waals surface area contributed by atoms with Crippen LogP contribution in [-0.4, -0.2) is 29.0 Å². The molecule has 7 nitrogen and oxygen atoms in total. The number of nitrogens with one attached hydrogen (secondary N) is 2. The normalized spacial score (nSPS) is 15.1. The summed E-state index contributed by atoms with van der Waals surface area (Å²) < 4.78 is 5.85. The van der Waals surface area contributed by atoms with Gasteiger partial charge in [-0.3, -0.25) is 4.79 Å². The summed E-state index contributed by atoms with van der Waals surface area (Å²) in [6, 6.07) is 9.80. The van der Waals surface area contributed by atoms with Crippen LogP contribution in [0.1, 0.15) is 29.3 Å². The summed E-state index contributed by atoms with van der Waals surface area (Å²) in [7, 11) is 1.63. The van der Waals surface area contributed by atoms with E-state index < -0.39 is 0 Å². The van der Waals surface area contributed by atoms with Gasteiger partial charge in [0, 0.05) is 10.6 Å². The highest BCUT2D eigenvalue weighted by molar-refractivity contribution is 8.01. The topological polar surface area (TPSA) is 99.9 Å². The lowest BCUT2D eigenvalue weighted by Gasteiger charge is -2.17. The molecule has 31 heavy (non-hydrogen) atoms. The number of nitrogens with zero attached hydrogens (tertiary/aromatic N) is 3. The molecule has 0 saturated heterocycles. The summed E-state index contributed by atoms with van der Waals surface area (Å²) in [6.07, 6.45) is 2.98. The van der Waals surface area contributed by atoms with Crippen LogP contribution in [0.15, 0.2) is 28.6 Å². The molecule has 1 atom stereocenters. The van der Waals surface area contributed by atoms with Gasteiger partial charge in [-0.2, -0.15) is 5.26 Å². The Morgan fingerprint density at radius 1 is 1.32 bits per heavy atom. The van der Waals surface area contributed by atoms with Gasteiger partial charge in [0.05, 0.1) is 18.4 Å². The first-order chi connectivity index (χ1) is 15.1. The van der Waals surface area contributed by atoms with Crippen molar-refractivity contribution in [1.82, 2.24) is 10.2 Å². The fourth-order valence-corrected chi connectivity index (χ4v) is 6.31. The van der Waals surface area contributed by atoms with Crippen molar-refractivity contribution >= 4 is 56.2 Å². The third-order valence-corrected chi connectivity index (χ3v) is 8.09. The predicted octanol–water partition coefficient (Wildman–Crippen LogP) is 5.08. The standard InChI is InChI=1S/C21H21N5O2S3/c1-12-3-8-15-16(10-22)19(30-17(15)9-12)24-18(27)11-29-21-26-25-20(31-21)23-13-4-6-14(28-2)7-5-13/h4-7,12H,3,8-9,11H2,1-2H3,(H,23,25)(H,24,27). The van der Waals surface area contributed by atoms with E-state index in [-0.39, 0.29) is 11.7 Å². The molecule has 2 heterocycles. The highest BCUT2D eigenvalue weighted by atomic mass is 32.2. The number of fused-ring (bicyclic) bond motifs is 1. The van der Waals surface area contributed by atoms with Crippen LogP contribution in [0.2, 0.25) is 0 Å². The number of anilines is 3. The van der Waals surface area contributed by atoms with Crippen LogP contribution >= 0.6 is 34.4 Å². The first-order valence-corrected chi connectivity index (χ1v) is 12.4. The Morgan fingerprint density at radius 2 is 2.13 bits per heavy atom. The molecule has 160 valence electrons. The lowest BCUT2D eigenvalue weighted by atomic mass is 9.89. The SMILES string of the molecule is COc1ccc(Nc2nnc(SCC(=O)Nc3sc4c(c3C#N)CCC(C)C4)s2)cc1. The third kappa shape index (κ3) is 5.18. The zero-order chi connectivity index (χ0) is 21.8. The minimum atomic E-state index is -0.145. The van der Waals surface area contributed by atoms with Crippen molar-refractivity contribution in [2.75, 3.05) is 23.5 Å². The van der Waals surface area contributed by atoms with E-state index in [4.69, 9.17) is 4.74 Å². The van der Waals surface area contributed by atoms with Crippen molar-refractivity contribution in [1.29, 1.82) is 5.26 Å². The average Bonchev–Trinajstić information content (AvgIpc) is 3.35. The molecular weight excluding hydrogens is 450 g/mol. The first-order valence-electron chi connectivity index (χ1n) is 9.77. The van der Waals surface area contributed by atoms with E-state index >= 15 is 0 Å². The van der Waals surface area contributed by atoms with Gasteiger partial charge >= 0.3 is 0 Å². The Balaban J connectivity index is 1.33. The summed E-state index contributed by atoms with van der Waals surface area (Å²) >= 11 is 4.25. The Kier molecular flexibility index (Phi) is 6.75. The maximum Gasteiger partial charge on any atom is 0.235 e. The van der Waals surface area contributed by atoms with Gasteiger partial charge in [0.1, 0.15) is 16.8 Å². The maximum atomic E-state index is 12.5. The summed E-state index contributed by atoms with van der Waals surface area (Å²) in [6.45, 7) is 2.23. The smallest absolute Gasteiger partial charge is 0.235 e. The molecule has 1 amide bonds. The highest BCUT2D eigenvalue weighted by Gasteiger charge is 2.24. The molecule has 0 bridgehead atoms. The van der Waals surface area contributed by atoms with Crippen LogP contribution in [0.4, 0.5) is 15.8 Å². The Labute approximate surface area is 192 Å². The van der Waals surface area contributed by atoms with Gasteiger partial charge in [-0.05, 0) is 55.0 Å². The molecule has 0 aliphatic heterocycles. The molecule has 2 N–H and O–H groups in total. The molecule has 4 rings (SSSR count). The lowest BCUT2D eigenvalue weighted by Crippen LogP contribution is -2.14. The fourth-order valence-electron chi connectivity index (χ4n) is 3.36. The number of thioether (sulfide) groups is 1. The minimum absolute atomic E-state index is 0.145. The van der Waals surface area contributed by atoms with Crippen molar-refractivity contribution in [3.05, 3.63) is 40.3 Å². The van der Waals surface area contributed by atoms with Crippen molar-refractivity contribution in [2.45, 2.75) is 30.5 Å². The van der Waals surface area contributed by atoms with E-state index in [2.05, 4.69) is 33.8 Å². The predicted molar refractivity (Wildman–Crippen MR) is 126 cm³/mol. The number of hydrogen-bond acceptors (Lipinski definition) is 9. The van der Waals surface area contributed by atoms with Crippen LogP contribution in [0.5, 0.6) is 5.75 Å². The van der Waals surface area contributed by atoms with Gasteiger partial charge in [0.15, 0.2) is 4.34 Å². The summed E-state index contributed by atoms with van der Waals surface area (Å²) in [5.74, 6) is 1.47. The Morgan fingerprint density at radius 3 is 2.87 bits per heavy atom. The lowest BCUT2D eigenvalue weighted by molar-refractivity contribution is -0.113. The van der Waals surface area contributed by atoms with E-state index in [1.54, 1.807) is 18.4 Å². The van der Waals surface area contributed by atoms with Gasteiger partial charge in [0.25, 0.3) is 0 Å². The number of carbonyl (C=O) groups is 1. The highest BCUT2D eigenvalue weighted by Crippen LogP contribution is 2.39. The first kappa shape index (κ1) is 21.6. The molecule has 1 aliphatic rings. The van der Waals surface area contributed by atoms with Crippen LogP contribution in [0, 0.1) is 17.2 Å². The quantitative estimate of drug-likeness (QED) is 0.464. The average molecular weight is 472 g/mol. The molecule has 1 unspecified atom stereocenters. The van der Waals surface area contributed by atoms with Gasteiger partial charge in [-0.1, -0.05) is 30.0 Å². The molecule has 0 radical (unpaired) electrons. The fraction of sp³-hybridized carbons (Fsp3) is 0.333. The molecule has 10 heteroatoms. The van der Waals surface area contributed by atoms with E-state index in [0.717, 1.165) is 36.3 Å². The molecule has 0 saturated carbocycles. The molecule has 1 aromatic carbocycles. The molecule has 3 aromatic rings. The number of thiophene rings is 1. The second-order valence-electron chi connectivity index (χ2n) is 7.23. The monoisotopic (exact) mass is 471 g/mol. The van der Waals surface area contributed by atoms with Crippen molar-refractivity contribution in [3.8, 4) is 11.8 Å². The van der Waals surface area contributed by atoms with Crippen LogP contribution in [0.3, 0.4) is 0 Å². The van der Waals surface area contributed by atoms with E-state index in [1.807, 2.05) is 24.3 Å². The number of ether oxygens (including phenoxy) is 1. The van der Waals surface area contributed by atoms with Crippen molar-refractivity contribution < 1.29 is 9.53 Å². The molecule has 2 aromatic heterocycles. The summed E-state index contributed by atoms with van der Waals surface area (Å²) in [4.78, 5) is 13.7. The maximum absolute atomic E-state index is 12.5. The van der Waals surface area contributed by atoms with Gasteiger partial charge in [-0.25, -0.2) is 0 Å². The number of hydrogen-bond donors (Lipinski definition) is 2. The number of nitriles is 1. The number of benzene rings is 1. The van der Waals surface area contributed by atoms with E-state index in [1.165, 1.54) is 28.0 Å². The van der Waals surface area contributed by atoms with Gasteiger partial charge in [0.2, 0.25) is 11.0 Å². The molecular formula is C21H21N5O2S3. The number of amides is 1. The van der Waals surface area contributed by atoms with Gasteiger partial charge in [-0.15, -0.1) is 21.5 Å². The number of carbonyl (C=O) groups excluding carboxylic acids is 1. The zero-order valence-corrected chi connectivity index (χ0v) is 19.5. The van der Waals surface area contributed by atoms with Crippen LogP contribution in [0.25, 0.3) is 0 Å². The summed E-state index contributed by atoms with van der Waals surface area (Å²) in [5, 5.41) is 25.3. The largest absolute Gasteiger partial charge is 0.497 e. The third-order valence-electron chi connectivity index (χ3n) is 4.95. The Hall–Kier alpha value is -2.61. The number of aromatic nitrogens is 2. The van der Waals surface area contributed by atoms with Crippen molar-refractivity contribution in [2.24, 2.45) is 5.92 Å². The van der Waals surface area contributed by atoms with E-state index in [0.29, 0.717) is 26.0 Å². The number of methoxy groups -OCH3 is 1. The molecule has 0 fully saturated rings. The van der Waals surface area contributed by atoms with Gasteiger partial charge < -0.3 is 15.4 Å². The zero-order valence-electron chi connectivity index (χ0n) is 17.1. The molecule has 0 spiro atoms. The second kappa shape index (κ2) is 9.68. The minimum Gasteiger partial charge on any atom is -0.497 e. The molecule has 1 aliphatic carbocycles. The summed E-state index contributed by atoms with van der Waals surface area (Å²) in [5.41, 5.74) is 2.63.